The van der Waals surface area contributed by atoms with Gasteiger partial charge in [0.2, 0.25) is 0 Å². The zero-order valence-corrected chi connectivity index (χ0v) is 12.7. The van der Waals surface area contributed by atoms with Crippen molar-refractivity contribution in [1.29, 1.82) is 0 Å². The van der Waals surface area contributed by atoms with Gasteiger partial charge in [0.1, 0.15) is 0 Å². The first-order valence-corrected chi connectivity index (χ1v) is 8.13. The Morgan fingerprint density at radius 2 is 1.78 bits per heavy atom. The Kier molecular flexibility index (Phi) is 2.49. The highest BCUT2D eigenvalue weighted by Crippen LogP contribution is 2.47. The molecular weight excluding hydrogens is 351 g/mol. The summed E-state index contributed by atoms with van der Waals surface area (Å²) < 4.78 is 1.94. The summed E-state index contributed by atoms with van der Waals surface area (Å²) in [6.07, 6.45) is 1.09. The van der Waals surface area contributed by atoms with E-state index in [2.05, 4.69) is 71.1 Å². The average Bonchev–Trinajstić information content (AvgIpc) is 2.79. The molecule has 0 saturated heterocycles. The van der Waals surface area contributed by atoms with Gasteiger partial charge in [0.05, 0.1) is 3.92 Å². The molecule has 1 unspecified atom stereocenters. The molecule has 0 spiro atoms. The van der Waals surface area contributed by atoms with Crippen LogP contribution in [0.1, 0.15) is 25.5 Å². The Labute approximate surface area is 124 Å². The molecule has 0 nitrogen and oxygen atoms in total. The molecule has 0 radical (unpaired) electrons. The Hall–Kier alpha value is -0.870. The maximum atomic E-state index is 2.59. The highest BCUT2D eigenvalue weighted by molar-refractivity contribution is 14.1. The molecule has 0 aliphatic heterocycles. The molecule has 88 valence electrons. The molecule has 2 heteroatoms. The molecule has 0 bridgehead atoms. The summed E-state index contributed by atoms with van der Waals surface area (Å²) in [5.74, 6) is 0. The number of hydrogen-bond donors (Lipinski definition) is 0. The van der Waals surface area contributed by atoms with Crippen LogP contribution in [0.25, 0.3) is 10.1 Å². The number of hydrogen-bond acceptors (Lipinski definition) is 1. The number of benzene rings is 2. The van der Waals surface area contributed by atoms with E-state index >= 15 is 0 Å². The van der Waals surface area contributed by atoms with Gasteiger partial charge in [0, 0.05) is 9.58 Å². The number of rotatable bonds is 0. The Morgan fingerprint density at radius 1 is 1.00 bits per heavy atom. The molecule has 1 atom stereocenters. The standard InChI is InChI=1S/C16H11IS/c17-15-11-6-2-1-5-10(11)9-13-12-7-3-4-8-14(12)18-16(13)15/h1-8,15H,9H2. The topological polar surface area (TPSA) is 0 Å². The molecule has 0 N–H and O–H groups in total. The molecule has 2 aromatic carbocycles. The van der Waals surface area contributed by atoms with Crippen molar-refractivity contribution in [3.05, 3.63) is 70.1 Å². The summed E-state index contributed by atoms with van der Waals surface area (Å²) in [5, 5.41) is 1.45. The van der Waals surface area contributed by atoms with Crippen molar-refractivity contribution in [2.24, 2.45) is 0 Å². The fourth-order valence-electron chi connectivity index (χ4n) is 2.78. The van der Waals surface area contributed by atoms with E-state index in [-0.39, 0.29) is 0 Å². The summed E-state index contributed by atoms with van der Waals surface area (Å²) in [6, 6.07) is 17.7. The summed E-state index contributed by atoms with van der Waals surface area (Å²) in [5.41, 5.74) is 4.54. The minimum atomic E-state index is 0.514. The highest BCUT2D eigenvalue weighted by Gasteiger charge is 2.26. The van der Waals surface area contributed by atoms with E-state index in [0.29, 0.717) is 3.92 Å². The monoisotopic (exact) mass is 362 g/mol. The van der Waals surface area contributed by atoms with Gasteiger partial charge in [-0.1, -0.05) is 65.1 Å². The van der Waals surface area contributed by atoms with Crippen molar-refractivity contribution >= 4 is 44.0 Å². The van der Waals surface area contributed by atoms with Crippen LogP contribution in [0.15, 0.2) is 48.5 Å². The van der Waals surface area contributed by atoms with E-state index in [9.17, 15) is 0 Å². The molecule has 1 aromatic heterocycles. The zero-order chi connectivity index (χ0) is 12.1. The maximum absolute atomic E-state index is 2.59. The summed E-state index contributed by atoms with van der Waals surface area (Å²) in [7, 11) is 0. The Morgan fingerprint density at radius 3 is 2.72 bits per heavy atom. The summed E-state index contributed by atoms with van der Waals surface area (Å²) in [4.78, 5) is 1.55. The number of halogens is 1. The lowest BCUT2D eigenvalue weighted by molar-refractivity contribution is 1.04. The van der Waals surface area contributed by atoms with E-state index in [0.717, 1.165) is 6.42 Å². The summed E-state index contributed by atoms with van der Waals surface area (Å²) in [6.45, 7) is 0. The Balaban J connectivity index is 2.02. The van der Waals surface area contributed by atoms with Crippen molar-refractivity contribution in [2.75, 3.05) is 0 Å². The lowest BCUT2D eigenvalue weighted by Crippen LogP contribution is -2.06. The van der Waals surface area contributed by atoms with Gasteiger partial charge in [-0.2, -0.15) is 0 Å². The average molecular weight is 362 g/mol. The third kappa shape index (κ3) is 1.48. The lowest BCUT2D eigenvalue weighted by Gasteiger charge is -2.21. The van der Waals surface area contributed by atoms with Gasteiger partial charge >= 0.3 is 0 Å². The molecule has 1 heterocycles. The van der Waals surface area contributed by atoms with Crippen LogP contribution in [-0.2, 0) is 6.42 Å². The van der Waals surface area contributed by atoms with E-state index in [1.54, 1.807) is 10.4 Å². The van der Waals surface area contributed by atoms with Gasteiger partial charge in [0.25, 0.3) is 0 Å². The molecule has 4 rings (SSSR count). The molecule has 0 saturated carbocycles. The molecule has 0 amide bonds. The van der Waals surface area contributed by atoms with Gasteiger partial charge in [0.15, 0.2) is 0 Å². The van der Waals surface area contributed by atoms with Crippen molar-refractivity contribution in [1.82, 2.24) is 0 Å². The largest absolute Gasteiger partial charge is 0.139 e. The van der Waals surface area contributed by atoms with E-state index in [1.165, 1.54) is 21.2 Å². The van der Waals surface area contributed by atoms with Crippen LogP contribution < -0.4 is 0 Å². The fraction of sp³-hybridized carbons (Fsp3) is 0.125. The van der Waals surface area contributed by atoms with E-state index < -0.39 is 0 Å². The number of fused-ring (bicyclic) bond motifs is 4. The fourth-order valence-corrected chi connectivity index (χ4v) is 5.36. The molecule has 1 aliphatic rings. The van der Waals surface area contributed by atoms with Gasteiger partial charge in [-0.05, 0) is 34.6 Å². The van der Waals surface area contributed by atoms with Crippen LogP contribution in [0, 0.1) is 0 Å². The van der Waals surface area contributed by atoms with E-state index in [4.69, 9.17) is 0 Å². The second-order valence-corrected chi connectivity index (χ2v) is 7.01. The first kappa shape index (κ1) is 11.0. The molecule has 3 aromatic rings. The second-order valence-electron chi connectivity index (χ2n) is 4.68. The van der Waals surface area contributed by atoms with Crippen LogP contribution >= 0.6 is 33.9 Å². The van der Waals surface area contributed by atoms with Crippen LogP contribution in [-0.4, -0.2) is 0 Å². The van der Waals surface area contributed by atoms with Crippen LogP contribution in [0.2, 0.25) is 0 Å². The van der Waals surface area contributed by atoms with Crippen molar-refractivity contribution in [3.8, 4) is 0 Å². The number of thiophene rings is 1. The van der Waals surface area contributed by atoms with Gasteiger partial charge < -0.3 is 0 Å². The smallest absolute Gasteiger partial charge is 0.0708 e. The van der Waals surface area contributed by atoms with Crippen LogP contribution in [0.4, 0.5) is 0 Å². The second kappa shape index (κ2) is 4.07. The molecule has 18 heavy (non-hydrogen) atoms. The SMILES string of the molecule is IC1c2ccccc2Cc2c1sc1ccccc21. The third-order valence-corrected chi connectivity index (χ3v) is 6.65. The molecular formula is C16H11IS. The minimum absolute atomic E-state index is 0.514. The predicted molar refractivity (Wildman–Crippen MR) is 86.9 cm³/mol. The zero-order valence-electron chi connectivity index (χ0n) is 9.69. The third-order valence-electron chi connectivity index (χ3n) is 3.66. The van der Waals surface area contributed by atoms with Gasteiger partial charge in [-0.15, -0.1) is 11.3 Å². The normalized spacial score (nSPS) is 17.5. The van der Waals surface area contributed by atoms with Gasteiger partial charge in [-0.25, -0.2) is 0 Å². The van der Waals surface area contributed by atoms with Crippen LogP contribution in [0.5, 0.6) is 0 Å². The van der Waals surface area contributed by atoms with Crippen molar-refractivity contribution in [3.63, 3.8) is 0 Å². The lowest BCUT2D eigenvalue weighted by atomic mass is 9.89. The van der Waals surface area contributed by atoms with Crippen molar-refractivity contribution in [2.45, 2.75) is 10.3 Å². The molecule has 1 aliphatic carbocycles. The first-order valence-electron chi connectivity index (χ1n) is 6.07. The highest BCUT2D eigenvalue weighted by atomic mass is 127. The Bertz CT molecular complexity index is 742. The maximum Gasteiger partial charge on any atom is 0.0708 e. The van der Waals surface area contributed by atoms with Crippen LogP contribution in [0.3, 0.4) is 0 Å². The van der Waals surface area contributed by atoms with Gasteiger partial charge in [-0.3, -0.25) is 0 Å². The quantitative estimate of drug-likeness (QED) is 0.375. The summed E-state index contributed by atoms with van der Waals surface area (Å²) >= 11 is 4.55. The molecule has 0 fully saturated rings. The van der Waals surface area contributed by atoms with Crippen molar-refractivity contribution < 1.29 is 0 Å². The first-order chi connectivity index (χ1) is 8.84. The minimum Gasteiger partial charge on any atom is -0.139 e. The number of alkyl halides is 1. The predicted octanol–water partition coefficient (Wildman–Crippen LogP) is 5.33. The van der Waals surface area contributed by atoms with E-state index in [1.807, 2.05) is 11.3 Å².